The van der Waals surface area contributed by atoms with Crippen molar-refractivity contribution in [3.8, 4) is 0 Å². The maximum absolute atomic E-state index is 10.7. The van der Waals surface area contributed by atoms with Crippen molar-refractivity contribution in [1.82, 2.24) is 0 Å². The van der Waals surface area contributed by atoms with Gasteiger partial charge in [0.2, 0.25) is 0 Å². The van der Waals surface area contributed by atoms with Crippen molar-refractivity contribution in [1.29, 1.82) is 0 Å². The predicted molar refractivity (Wildman–Crippen MR) is 68.2 cm³/mol. The predicted octanol–water partition coefficient (Wildman–Crippen LogP) is 3.01. The SMILES string of the molecule is CC(C)=NNc1ccc(I)cc1[N+](=O)[O-]. The van der Waals surface area contributed by atoms with Crippen LogP contribution < -0.4 is 5.43 Å². The van der Waals surface area contributed by atoms with E-state index in [2.05, 4.69) is 10.5 Å². The molecule has 0 saturated heterocycles. The van der Waals surface area contributed by atoms with Crippen molar-refractivity contribution in [2.75, 3.05) is 5.43 Å². The molecule has 0 unspecified atom stereocenters. The molecule has 0 amide bonds. The first kappa shape index (κ1) is 11.9. The van der Waals surface area contributed by atoms with E-state index in [1.807, 2.05) is 36.4 Å². The molecule has 0 bridgehead atoms. The van der Waals surface area contributed by atoms with Crippen molar-refractivity contribution in [3.63, 3.8) is 0 Å². The molecule has 6 heteroatoms. The van der Waals surface area contributed by atoms with E-state index in [0.29, 0.717) is 5.69 Å². The van der Waals surface area contributed by atoms with E-state index >= 15 is 0 Å². The van der Waals surface area contributed by atoms with Gasteiger partial charge in [-0.05, 0) is 48.6 Å². The van der Waals surface area contributed by atoms with Gasteiger partial charge in [-0.3, -0.25) is 15.5 Å². The number of hydrogen-bond donors (Lipinski definition) is 1. The van der Waals surface area contributed by atoms with Crippen LogP contribution in [0.2, 0.25) is 0 Å². The van der Waals surface area contributed by atoms with E-state index in [-0.39, 0.29) is 5.69 Å². The summed E-state index contributed by atoms with van der Waals surface area (Å²) in [5.74, 6) is 0. The van der Waals surface area contributed by atoms with Crippen LogP contribution in [0.15, 0.2) is 23.3 Å². The fourth-order valence-corrected chi connectivity index (χ4v) is 1.40. The molecule has 1 aromatic rings. The summed E-state index contributed by atoms with van der Waals surface area (Å²) in [5.41, 5.74) is 3.91. The number of nitro groups is 1. The van der Waals surface area contributed by atoms with Gasteiger partial charge in [0.1, 0.15) is 5.69 Å². The van der Waals surface area contributed by atoms with Gasteiger partial charge in [0.15, 0.2) is 0 Å². The lowest BCUT2D eigenvalue weighted by Gasteiger charge is -2.02. The highest BCUT2D eigenvalue weighted by Crippen LogP contribution is 2.26. The van der Waals surface area contributed by atoms with Crippen LogP contribution in [0.5, 0.6) is 0 Å². The second-order valence-corrected chi connectivity index (χ2v) is 4.34. The molecule has 0 fully saturated rings. The molecule has 0 spiro atoms. The molecule has 15 heavy (non-hydrogen) atoms. The first-order valence-electron chi connectivity index (χ1n) is 4.21. The highest BCUT2D eigenvalue weighted by atomic mass is 127. The van der Waals surface area contributed by atoms with Gasteiger partial charge >= 0.3 is 0 Å². The summed E-state index contributed by atoms with van der Waals surface area (Å²) >= 11 is 2.03. The zero-order valence-corrected chi connectivity index (χ0v) is 10.5. The minimum absolute atomic E-state index is 0.0342. The fraction of sp³-hybridized carbons (Fsp3) is 0.222. The Morgan fingerprint density at radius 2 is 2.20 bits per heavy atom. The average Bonchev–Trinajstić information content (AvgIpc) is 2.15. The topological polar surface area (TPSA) is 67.5 Å². The molecule has 0 aromatic heterocycles. The molecule has 0 radical (unpaired) electrons. The molecule has 1 N–H and O–H groups in total. The largest absolute Gasteiger partial charge is 0.295 e. The Bertz CT molecular complexity index is 414. The van der Waals surface area contributed by atoms with Crippen LogP contribution in [0.1, 0.15) is 13.8 Å². The molecule has 0 atom stereocenters. The van der Waals surface area contributed by atoms with Gasteiger partial charge < -0.3 is 0 Å². The summed E-state index contributed by atoms with van der Waals surface area (Å²) in [6.07, 6.45) is 0. The van der Waals surface area contributed by atoms with Gasteiger partial charge in [-0.2, -0.15) is 5.10 Å². The highest BCUT2D eigenvalue weighted by Gasteiger charge is 2.13. The summed E-state index contributed by atoms with van der Waals surface area (Å²) in [6, 6.07) is 4.94. The van der Waals surface area contributed by atoms with Gasteiger partial charge in [-0.1, -0.05) is 0 Å². The number of hydrazone groups is 1. The van der Waals surface area contributed by atoms with E-state index < -0.39 is 4.92 Å². The molecule has 80 valence electrons. The number of nitro benzene ring substituents is 1. The lowest BCUT2D eigenvalue weighted by Crippen LogP contribution is -1.98. The Hall–Kier alpha value is -1.18. The Balaban J connectivity index is 3.06. The monoisotopic (exact) mass is 319 g/mol. The molecule has 0 saturated carbocycles. The van der Waals surface area contributed by atoms with Crippen LogP contribution in [0, 0.1) is 13.7 Å². The number of hydrogen-bond acceptors (Lipinski definition) is 4. The zero-order valence-electron chi connectivity index (χ0n) is 8.32. The summed E-state index contributed by atoms with van der Waals surface area (Å²) in [4.78, 5) is 10.3. The molecule has 5 nitrogen and oxygen atoms in total. The lowest BCUT2D eigenvalue weighted by molar-refractivity contribution is -0.384. The van der Waals surface area contributed by atoms with Crippen LogP contribution in [0.4, 0.5) is 11.4 Å². The van der Waals surface area contributed by atoms with Crippen molar-refractivity contribution >= 4 is 39.7 Å². The van der Waals surface area contributed by atoms with E-state index in [9.17, 15) is 10.1 Å². The van der Waals surface area contributed by atoms with Crippen LogP contribution >= 0.6 is 22.6 Å². The molecule has 1 rings (SSSR count). The van der Waals surface area contributed by atoms with E-state index in [1.54, 1.807) is 12.1 Å². The summed E-state index contributed by atoms with van der Waals surface area (Å²) in [5, 5.41) is 14.7. The molecule has 0 aliphatic rings. The van der Waals surface area contributed by atoms with Gasteiger partial charge in [0.25, 0.3) is 5.69 Å². The number of nitrogens with one attached hydrogen (secondary N) is 1. The van der Waals surface area contributed by atoms with Gasteiger partial charge in [-0.25, -0.2) is 0 Å². The molecule has 0 aliphatic heterocycles. The third-order valence-corrected chi connectivity index (χ3v) is 2.23. The van der Waals surface area contributed by atoms with Crippen molar-refractivity contribution in [2.45, 2.75) is 13.8 Å². The van der Waals surface area contributed by atoms with Crippen LogP contribution in [0.3, 0.4) is 0 Å². The first-order chi connectivity index (χ1) is 7.00. The Kier molecular flexibility index (Phi) is 4.01. The minimum atomic E-state index is -0.426. The Morgan fingerprint density at radius 3 is 2.73 bits per heavy atom. The molecule has 0 heterocycles. The van der Waals surface area contributed by atoms with Gasteiger partial charge in [0, 0.05) is 15.3 Å². The lowest BCUT2D eigenvalue weighted by atomic mass is 10.3. The average molecular weight is 319 g/mol. The normalized spacial score (nSPS) is 9.53. The van der Waals surface area contributed by atoms with Crippen LogP contribution in [0.25, 0.3) is 0 Å². The van der Waals surface area contributed by atoms with Crippen LogP contribution in [-0.2, 0) is 0 Å². The van der Waals surface area contributed by atoms with Crippen molar-refractivity contribution in [3.05, 3.63) is 31.9 Å². The Morgan fingerprint density at radius 1 is 1.53 bits per heavy atom. The second-order valence-electron chi connectivity index (χ2n) is 3.09. The smallest absolute Gasteiger partial charge is 0.272 e. The Labute approximate surface area is 101 Å². The van der Waals surface area contributed by atoms with Gasteiger partial charge in [-0.15, -0.1) is 0 Å². The van der Waals surface area contributed by atoms with E-state index in [4.69, 9.17) is 0 Å². The number of nitrogens with zero attached hydrogens (tertiary/aromatic N) is 2. The number of rotatable bonds is 3. The fourth-order valence-electron chi connectivity index (χ4n) is 0.922. The third kappa shape index (κ3) is 3.46. The number of anilines is 1. The van der Waals surface area contributed by atoms with Crippen molar-refractivity contribution in [2.24, 2.45) is 5.10 Å². The minimum Gasteiger partial charge on any atom is -0.272 e. The van der Waals surface area contributed by atoms with Crippen LogP contribution in [-0.4, -0.2) is 10.6 Å². The summed E-state index contributed by atoms with van der Waals surface area (Å²) < 4.78 is 0.821. The quantitative estimate of drug-likeness (QED) is 0.403. The standard InChI is InChI=1S/C9H10IN3O2/c1-6(2)11-12-8-4-3-7(10)5-9(8)13(14)15/h3-5,12H,1-2H3. The highest BCUT2D eigenvalue weighted by molar-refractivity contribution is 14.1. The molecule has 1 aromatic carbocycles. The summed E-state index contributed by atoms with van der Waals surface area (Å²) in [7, 11) is 0. The number of benzene rings is 1. The van der Waals surface area contributed by atoms with Gasteiger partial charge in [0.05, 0.1) is 4.92 Å². The second kappa shape index (κ2) is 5.06. The molecular weight excluding hydrogens is 309 g/mol. The molecular formula is C9H10IN3O2. The maximum atomic E-state index is 10.7. The number of halogens is 1. The zero-order chi connectivity index (χ0) is 11.4. The van der Waals surface area contributed by atoms with E-state index in [0.717, 1.165) is 9.28 Å². The van der Waals surface area contributed by atoms with E-state index in [1.165, 1.54) is 6.07 Å². The first-order valence-corrected chi connectivity index (χ1v) is 5.29. The van der Waals surface area contributed by atoms with Crippen molar-refractivity contribution < 1.29 is 4.92 Å². The summed E-state index contributed by atoms with van der Waals surface area (Å²) in [6.45, 7) is 3.62. The molecule has 0 aliphatic carbocycles. The third-order valence-electron chi connectivity index (χ3n) is 1.56. The maximum Gasteiger partial charge on any atom is 0.295 e.